The highest BCUT2D eigenvalue weighted by atomic mass is 35.5. The number of amides is 1. The average Bonchev–Trinajstić information content (AvgIpc) is 2.68. The van der Waals surface area contributed by atoms with Gasteiger partial charge in [-0.25, -0.2) is 0 Å². The number of likely N-dealkylation sites (N-methyl/N-ethyl adjacent to an activating group) is 1. The molecule has 3 N–H and O–H groups in total. The summed E-state index contributed by atoms with van der Waals surface area (Å²) in [6, 6.07) is 8.88. The van der Waals surface area contributed by atoms with Gasteiger partial charge in [-0.2, -0.15) is 0 Å². The number of carbonyl (C=O) groups excluding carboxylic acids is 1. The summed E-state index contributed by atoms with van der Waals surface area (Å²) < 4.78 is 0. The predicted octanol–water partition coefficient (Wildman–Crippen LogP) is 3.22. The number of hydrogen-bond acceptors (Lipinski definition) is 4. The van der Waals surface area contributed by atoms with Gasteiger partial charge >= 0.3 is 0 Å². The van der Waals surface area contributed by atoms with Gasteiger partial charge in [0.25, 0.3) is 0 Å². The molecular formula is C21H37Cl3N4O. The van der Waals surface area contributed by atoms with E-state index in [9.17, 15) is 4.79 Å². The molecule has 1 aromatic carbocycles. The molecule has 8 heteroatoms. The Balaban J connectivity index is 0.00000261. The van der Waals surface area contributed by atoms with Crippen LogP contribution in [0.4, 0.5) is 0 Å². The Hall–Kier alpha value is -0.560. The number of nitrogens with zero attached hydrogens (tertiary/aromatic N) is 2. The second-order valence-electron chi connectivity index (χ2n) is 7.87. The van der Waals surface area contributed by atoms with E-state index in [0.29, 0.717) is 6.54 Å². The zero-order valence-electron chi connectivity index (χ0n) is 17.3. The number of carbonyl (C=O) groups is 1. The van der Waals surface area contributed by atoms with Crippen LogP contribution in [0.3, 0.4) is 0 Å². The van der Waals surface area contributed by atoms with E-state index in [1.165, 1.54) is 18.7 Å². The van der Waals surface area contributed by atoms with Crippen molar-refractivity contribution in [3.63, 3.8) is 0 Å². The number of piperazine rings is 1. The molecule has 2 aliphatic rings. The second kappa shape index (κ2) is 14.4. The summed E-state index contributed by atoms with van der Waals surface area (Å²) >= 11 is 0. The van der Waals surface area contributed by atoms with Crippen LogP contribution in [0.25, 0.3) is 0 Å². The highest BCUT2D eigenvalue weighted by molar-refractivity contribution is 5.86. The van der Waals surface area contributed by atoms with E-state index >= 15 is 0 Å². The summed E-state index contributed by atoms with van der Waals surface area (Å²) in [5.74, 6) is 0.262. The van der Waals surface area contributed by atoms with Gasteiger partial charge in [0.15, 0.2) is 0 Å². The number of benzene rings is 1. The van der Waals surface area contributed by atoms with Crippen LogP contribution < -0.4 is 11.1 Å². The Bertz CT molecular complexity index is 580. The van der Waals surface area contributed by atoms with Gasteiger partial charge in [-0.05, 0) is 36.9 Å². The minimum atomic E-state index is 0. The number of hydrogen-bond donors (Lipinski definition) is 2. The Labute approximate surface area is 194 Å². The Morgan fingerprint density at radius 3 is 2.17 bits per heavy atom. The normalized spacial score (nSPS) is 22.6. The molecule has 0 radical (unpaired) electrons. The summed E-state index contributed by atoms with van der Waals surface area (Å²) in [7, 11) is 0. The lowest BCUT2D eigenvalue weighted by Crippen LogP contribution is -2.45. The lowest BCUT2D eigenvalue weighted by Gasteiger charge is -2.34. The minimum Gasteiger partial charge on any atom is -0.352 e. The van der Waals surface area contributed by atoms with Crippen molar-refractivity contribution in [3.8, 4) is 0 Å². The van der Waals surface area contributed by atoms with E-state index in [1.54, 1.807) is 0 Å². The van der Waals surface area contributed by atoms with Gasteiger partial charge in [-0.3, -0.25) is 9.69 Å². The standard InChI is InChI=1S/C21H34N4O.3ClH/c1-2-24-10-12-25(13-11-24)16-18-8-6-17(7-9-18)15-23-21(26)19-4-3-5-20(22)14-19;;;/h6-9,19-20H,2-5,10-16,22H2,1H3,(H,23,26);3*1H. The Morgan fingerprint density at radius 1 is 1.00 bits per heavy atom. The van der Waals surface area contributed by atoms with E-state index < -0.39 is 0 Å². The van der Waals surface area contributed by atoms with Crippen LogP contribution in [-0.2, 0) is 17.9 Å². The third-order valence-electron chi connectivity index (χ3n) is 5.89. The van der Waals surface area contributed by atoms with Crippen molar-refractivity contribution >= 4 is 43.1 Å². The van der Waals surface area contributed by atoms with Crippen LogP contribution in [0.15, 0.2) is 24.3 Å². The fraction of sp³-hybridized carbons (Fsp3) is 0.667. The first kappa shape index (κ1) is 28.4. The maximum atomic E-state index is 12.3. The molecule has 168 valence electrons. The molecule has 5 nitrogen and oxygen atoms in total. The van der Waals surface area contributed by atoms with Gasteiger partial charge in [-0.1, -0.05) is 37.6 Å². The van der Waals surface area contributed by atoms with Crippen molar-refractivity contribution in [3.05, 3.63) is 35.4 Å². The summed E-state index contributed by atoms with van der Waals surface area (Å²) in [6.07, 6.45) is 3.93. The first-order valence-electron chi connectivity index (χ1n) is 10.2. The van der Waals surface area contributed by atoms with Crippen molar-refractivity contribution in [2.45, 2.75) is 51.7 Å². The molecular weight excluding hydrogens is 431 g/mol. The van der Waals surface area contributed by atoms with Crippen molar-refractivity contribution in [2.24, 2.45) is 11.7 Å². The van der Waals surface area contributed by atoms with E-state index in [-0.39, 0.29) is 55.1 Å². The van der Waals surface area contributed by atoms with Gasteiger partial charge < -0.3 is 16.0 Å². The average molecular weight is 468 g/mol. The molecule has 2 fully saturated rings. The summed E-state index contributed by atoms with van der Waals surface area (Å²) in [6.45, 7) is 9.66. The SMILES string of the molecule is CCN1CCN(Cc2ccc(CNC(=O)C3CCCC(N)C3)cc2)CC1.Cl.Cl.Cl. The predicted molar refractivity (Wildman–Crippen MR) is 127 cm³/mol. The minimum absolute atomic E-state index is 0. The van der Waals surface area contributed by atoms with Crippen LogP contribution in [-0.4, -0.2) is 54.5 Å². The second-order valence-corrected chi connectivity index (χ2v) is 7.87. The van der Waals surface area contributed by atoms with Crippen molar-refractivity contribution in [1.29, 1.82) is 0 Å². The molecule has 1 saturated heterocycles. The lowest BCUT2D eigenvalue weighted by atomic mass is 9.85. The van der Waals surface area contributed by atoms with Crippen LogP contribution in [0.1, 0.15) is 43.7 Å². The van der Waals surface area contributed by atoms with Gasteiger partial charge in [0, 0.05) is 51.2 Å². The zero-order valence-corrected chi connectivity index (χ0v) is 19.8. The van der Waals surface area contributed by atoms with Crippen LogP contribution in [0, 0.1) is 5.92 Å². The molecule has 1 heterocycles. The van der Waals surface area contributed by atoms with Gasteiger partial charge in [0.05, 0.1) is 0 Å². The molecule has 2 unspecified atom stereocenters. The monoisotopic (exact) mass is 466 g/mol. The van der Waals surface area contributed by atoms with E-state index in [1.807, 2.05) is 0 Å². The van der Waals surface area contributed by atoms with E-state index in [4.69, 9.17) is 5.73 Å². The molecule has 3 rings (SSSR count). The molecule has 1 saturated carbocycles. The molecule has 0 aromatic heterocycles. The van der Waals surface area contributed by atoms with Crippen molar-refractivity contribution < 1.29 is 4.79 Å². The van der Waals surface area contributed by atoms with Gasteiger partial charge in [0.1, 0.15) is 0 Å². The zero-order chi connectivity index (χ0) is 18.4. The Morgan fingerprint density at radius 2 is 1.59 bits per heavy atom. The maximum absolute atomic E-state index is 12.3. The highest BCUT2D eigenvalue weighted by Crippen LogP contribution is 2.23. The molecule has 1 amide bonds. The van der Waals surface area contributed by atoms with Gasteiger partial charge in [0.2, 0.25) is 5.91 Å². The lowest BCUT2D eigenvalue weighted by molar-refractivity contribution is -0.126. The first-order valence-corrected chi connectivity index (χ1v) is 10.2. The van der Waals surface area contributed by atoms with E-state index in [0.717, 1.165) is 57.4 Å². The number of halogens is 3. The largest absolute Gasteiger partial charge is 0.352 e. The van der Waals surface area contributed by atoms with Crippen molar-refractivity contribution in [1.82, 2.24) is 15.1 Å². The third-order valence-corrected chi connectivity index (χ3v) is 5.89. The van der Waals surface area contributed by atoms with Crippen molar-refractivity contribution in [2.75, 3.05) is 32.7 Å². The van der Waals surface area contributed by atoms with E-state index in [2.05, 4.69) is 46.3 Å². The topological polar surface area (TPSA) is 61.6 Å². The number of nitrogens with two attached hydrogens (primary N) is 1. The first-order chi connectivity index (χ1) is 12.6. The Kier molecular flexibility index (Phi) is 14.2. The summed E-state index contributed by atoms with van der Waals surface area (Å²) in [5.41, 5.74) is 8.51. The fourth-order valence-electron chi connectivity index (χ4n) is 4.08. The maximum Gasteiger partial charge on any atom is 0.223 e. The molecule has 1 aliphatic heterocycles. The summed E-state index contributed by atoms with van der Waals surface area (Å²) in [5, 5.41) is 3.09. The van der Waals surface area contributed by atoms with Gasteiger partial charge in [-0.15, -0.1) is 37.2 Å². The van der Waals surface area contributed by atoms with Crippen LogP contribution in [0.5, 0.6) is 0 Å². The fourth-order valence-corrected chi connectivity index (χ4v) is 4.08. The molecule has 1 aromatic rings. The number of nitrogens with one attached hydrogen (secondary N) is 1. The molecule has 2 atom stereocenters. The van der Waals surface area contributed by atoms with Crippen LogP contribution in [0.2, 0.25) is 0 Å². The molecule has 1 aliphatic carbocycles. The highest BCUT2D eigenvalue weighted by Gasteiger charge is 2.25. The summed E-state index contributed by atoms with van der Waals surface area (Å²) in [4.78, 5) is 17.3. The quantitative estimate of drug-likeness (QED) is 0.674. The van der Waals surface area contributed by atoms with Crippen LogP contribution >= 0.6 is 37.2 Å². The smallest absolute Gasteiger partial charge is 0.223 e. The molecule has 29 heavy (non-hydrogen) atoms. The number of rotatable bonds is 6. The molecule has 0 spiro atoms. The molecule has 0 bridgehead atoms. The third kappa shape index (κ3) is 8.99.